The average molecular weight is 205 g/mol. The van der Waals surface area contributed by atoms with Crippen LogP contribution in [0.25, 0.3) is 0 Å². The van der Waals surface area contributed by atoms with Gasteiger partial charge in [0, 0.05) is 25.3 Å². The molecule has 0 radical (unpaired) electrons. The van der Waals surface area contributed by atoms with Gasteiger partial charge in [-0.25, -0.2) is 0 Å². The van der Waals surface area contributed by atoms with E-state index in [-0.39, 0.29) is 11.9 Å². The van der Waals surface area contributed by atoms with Crippen molar-refractivity contribution in [1.29, 1.82) is 0 Å². The second-order valence-electron chi connectivity index (χ2n) is 4.05. The zero-order valence-corrected chi connectivity index (χ0v) is 9.28. The number of Topliss-reactive ketones (excluding diaryl/α,β-unsaturated/α-hetero) is 1. The summed E-state index contributed by atoms with van der Waals surface area (Å²) in [5.41, 5.74) is 2.89. The van der Waals surface area contributed by atoms with Gasteiger partial charge in [-0.15, -0.1) is 0 Å². The Morgan fingerprint density at radius 2 is 2.13 bits per heavy atom. The number of hydrogen-bond acceptors (Lipinski definition) is 3. The van der Waals surface area contributed by atoms with Crippen molar-refractivity contribution in [2.45, 2.75) is 19.6 Å². The number of ketones is 1. The zero-order chi connectivity index (χ0) is 11.0. The lowest BCUT2D eigenvalue weighted by Crippen LogP contribution is -2.27. The summed E-state index contributed by atoms with van der Waals surface area (Å²) < 4.78 is 5.38. The van der Waals surface area contributed by atoms with Crippen LogP contribution < -0.4 is 4.90 Å². The summed E-state index contributed by atoms with van der Waals surface area (Å²) >= 11 is 0. The van der Waals surface area contributed by atoms with Crippen LogP contribution in [0.2, 0.25) is 0 Å². The molecule has 15 heavy (non-hydrogen) atoms. The molecule has 1 atom stereocenters. The van der Waals surface area contributed by atoms with Crippen molar-refractivity contribution >= 4 is 11.5 Å². The molecule has 0 aliphatic carbocycles. The lowest BCUT2D eigenvalue weighted by atomic mass is 9.98. The van der Waals surface area contributed by atoms with E-state index in [0.29, 0.717) is 6.61 Å². The summed E-state index contributed by atoms with van der Waals surface area (Å²) in [6, 6.07) is 5.87. The largest absolute Gasteiger partial charge is 0.378 e. The Labute approximate surface area is 89.7 Å². The van der Waals surface area contributed by atoms with Gasteiger partial charge in [0.2, 0.25) is 0 Å². The van der Waals surface area contributed by atoms with Gasteiger partial charge >= 0.3 is 0 Å². The third kappa shape index (κ3) is 1.75. The minimum Gasteiger partial charge on any atom is -0.378 e. The van der Waals surface area contributed by atoms with Gasteiger partial charge in [-0.05, 0) is 30.7 Å². The van der Waals surface area contributed by atoms with E-state index in [1.54, 1.807) is 6.92 Å². The maximum absolute atomic E-state index is 11.8. The fraction of sp³-hybridized carbons (Fsp3) is 0.417. The van der Waals surface area contributed by atoms with Crippen LogP contribution in [0.1, 0.15) is 22.8 Å². The molecule has 1 aliphatic rings. The second-order valence-corrected chi connectivity index (χ2v) is 4.05. The molecule has 3 heteroatoms. The first-order valence-corrected chi connectivity index (χ1v) is 5.05. The summed E-state index contributed by atoms with van der Waals surface area (Å²) in [5, 5.41) is 0. The molecule has 0 aromatic heterocycles. The van der Waals surface area contributed by atoms with Crippen LogP contribution in [0.5, 0.6) is 0 Å². The van der Waals surface area contributed by atoms with Gasteiger partial charge in [0.05, 0.1) is 6.61 Å². The van der Waals surface area contributed by atoms with Gasteiger partial charge in [0.25, 0.3) is 0 Å². The molecule has 0 amide bonds. The number of anilines is 1. The highest BCUT2D eigenvalue weighted by Gasteiger charge is 2.24. The minimum atomic E-state index is -0.303. The van der Waals surface area contributed by atoms with E-state index in [0.717, 1.165) is 16.8 Å². The smallest absolute Gasteiger partial charge is 0.191 e. The molecule has 0 spiro atoms. The number of fused-ring (bicyclic) bond motifs is 1. The van der Waals surface area contributed by atoms with Crippen molar-refractivity contribution in [3.8, 4) is 0 Å². The van der Waals surface area contributed by atoms with Crippen molar-refractivity contribution in [2.75, 3.05) is 19.0 Å². The number of carbonyl (C=O) groups excluding carboxylic acids is 1. The van der Waals surface area contributed by atoms with Gasteiger partial charge in [-0.1, -0.05) is 0 Å². The lowest BCUT2D eigenvalue weighted by molar-refractivity contribution is 0.0337. The summed E-state index contributed by atoms with van der Waals surface area (Å²) in [6.45, 7) is 2.33. The van der Waals surface area contributed by atoms with Crippen molar-refractivity contribution in [3.63, 3.8) is 0 Å². The minimum absolute atomic E-state index is 0.0848. The Morgan fingerprint density at radius 1 is 1.40 bits per heavy atom. The number of nitrogens with zero attached hydrogens (tertiary/aromatic N) is 1. The fourth-order valence-corrected chi connectivity index (χ4v) is 1.73. The van der Waals surface area contributed by atoms with Crippen LogP contribution in [0.3, 0.4) is 0 Å². The lowest BCUT2D eigenvalue weighted by Gasteiger charge is -2.23. The summed E-state index contributed by atoms with van der Waals surface area (Å²) in [5.74, 6) is 0.0848. The van der Waals surface area contributed by atoms with Gasteiger partial charge < -0.3 is 9.64 Å². The Kier molecular flexibility index (Phi) is 2.49. The molecule has 1 aliphatic heterocycles. The van der Waals surface area contributed by atoms with E-state index in [1.807, 2.05) is 37.2 Å². The zero-order valence-electron chi connectivity index (χ0n) is 9.28. The van der Waals surface area contributed by atoms with Crippen molar-refractivity contribution in [3.05, 3.63) is 29.3 Å². The molecule has 1 aromatic rings. The molecule has 0 saturated carbocycles. The van der Waals surface area contributed by atoms with Crippen molar-refractivity contribution in [1.82, 2.24) is 0 Å². The molecule has 1 unspecified atom stereocenters. The maximum Gasteiger partial charge on any atom is 0.191 e. The summed E-state index contributed by atoms with van der Waals surface area (Å²) in [4.78, 5) is 13.8. The maximum atomic E-state index is 11.8. The monoisotopic (exact) mass is 205 g/mol. The van der Waals surface area contributed by atoms with Gasteiger partial charge in [-0.3, -0.25) is 4.79 Å². The van der Waals surface area contributed by atoms with Crippen molar-refractivity contribution in [2.24, 2.45) is 0 Å². The summed E-state index contributed by atoms with van der Waals surface area (Å²) in [6.07, 6.45) is -0.303. The SMILES string of the molecule is CC1OCc2cc(N(C)C)ccc2C1=O. The normalized spacial score (nSPS) is 19.9. The Balaban J connectivity index is 2.43. The number of rotatable bonds is 1. The van der Waals surface area contributed by atoms with E-state index in [2.05, 4.69) is 0 Å². The topological polar surface area (TPSA) is 29.5 Å². The standard InChI is InChI=1S/C12H15NO2/c1-8-12(14)11-5-4-10(13(2)3)6-9(11)7-15-8/h4-6,8H,7H2,1-3H3. The average Bonchev–Trinajstić information content (AvgIpc) is 2.23. The van der Waals surface area contributed by atoms with E-state index in [9.17, 15) is 4.79 Å². The number of hydrogen-bond donors (Lipinski definition) is 0. The number of carbonyl (C=O) groups is 1. The first-order chi connectivity index (χ1) is 7.09. The van der Waals surface area contributed by atoms with E-state index >= 15 is 0 Å². The van der Waals surface area contributed by atoms with Crippen LogP contribution >= 0.6 is 0 Å². The van der Waals surface area contributed by atoms with E-state index in [4.69, 9.17) is 4.74 Å². The molecule has 2 rings (SSSR count). The highest BCUT2D eigenvalue weighted by Crippen LogP contribution is 2.24. The molecule has 1 aromatic carbocycles. The summed E-state index contributed by atoms with van der Waals surface area (Å²) in [7, 11) is 3.96. The van der Waals surface area contributed by atoms with Crippen LogP contribution in [0.15, 0.2) is 18.2 Å². The fourth-order valence-electron chi connectivity index (χ4n) is 1.73. The predicted octanol–water partition coefficient (Wildman–Crippen LogP) is 1.85. The van der Waals surface area contributed by atoms with Crippen molar-refractivity contribution < 1.29 is 9.53 Å². The quantitative estimate of drug-likeness (QED) is 0.700. The van der Waals surface area contributed by atoms with Gasteiger partial charge in [0.15, 0.2) is 5.78 Å². The molecule has 0 bridgehead atoms. The highest BCUT2D eigenvalue weighted by atomic mass is 16.5. The molecule has 3 nitrogen and oxygen atoms in total. The predicted molar refractivity (Wildman–Crippen MR) is 59.4 cm³/mol. The first-order valence-electron chi connectivity index (χ1n) is 5.05. The molecule has 0 N–H and O–H groups in total. The first kappa shape index (κ1) is 10.2. The molecular formula is C12H15NO2. The van der Waals surface area contributed by atoms with E-state index in [1.165, 1.54) is 0 Å². The highest BCUT2D eigenvalue weighted by molar-refractivity contribution is 6.01. The van der Waals surface area contributed by atoms with E-state index < -0.39 is 0 Å². The van der Waals surface area contributed by atoms with Gasteiger partial charge in [-0.2, -0.15) is 0 Å². The number of benzene rings is 1. The second kappa shape index (κ2) is 3.66. The Hall–Kier alpha value is -1.35. The molecule has 1 heterocycles. The van der Waals surface area contributed by atoms with Crippen LogP contribution in [-0.4, -0.2) is 26.0 Å². The third-order valence-electron chi connectivity index (χ3n) is 2.73. The van der Waals surface area contributed by atoms with Crippen LogP contribution in [0, 0.1) is 0 Å². The third-order valence-corrected chi connectivity index (χ3v) is 2.73. The molecule has 80 valence electrons. The molecule has 0 fully saturated rings. The molecule has 0 saturated heterocycles. The van der Waals surface area contributed by atoms with Crippen LogP contribution in [-0.2, 0) is 11.3 Å². The van der Waals surface area contributed by atoms with Gasteiger partial charge in [0.1, 0.15) is 6.10 Å². The number of ether oxygens (including phenoxy) is 1. The Bertz CT molecular complexity index is 399. The Morgan fingerprint density at radius 3 is 2.80 bits per heavy atom. The van der Waals surface area contributed by atoms with Crippen LogP contribution in [0.4, 0.5) is 5.69 Å². The molecular weight excluding hydrogens is 190 g/mol.